The Morgan fingerprint density at radius 1 is 1.27 bits per heavy atom. The van der Waals surface area contributed by atoms with E-state index >= 15 is 0 Å². The Morgan fingerprint density at radius 2 is 1.86 bits per heavy atom. The fourth-order valence-electron chi connectivity index (χ4n) is 2.28. The summed E-state index contributed by atoms with van der Waals surface area (Å²) < 4.78 is 5.41. The summed E-state index contributed by atoms with van der Waals surface area (Å²) in [5.74, 6) is 0. The molecule has 1 aliphatic heterocycles. The van der Waals surface area contributed by atoms with Gasteiger partial charge in [0.1, 0.15) is 5.60 Å². The summed E-state index contributed by atoms with van der Waals surface area (Å²) in [6, 6.07) is 9.80. The molecular formula is C17H22N2O2S. The molecule has 1 amide bonds. The topological polar surface area (TPSA) is 53.3 Å². The van der Waals surface area contributed by atoms with Gasteiger partial charge in [-0.15, -0.1) is 11.8 Å². The van der Waals surface area contributed by atoms with E-state index in [4.69, 9.17) is 10.00 Å². The van der Waals surface area contributed by atoms with Crippen LogP contribution < -0.4 is 0 Å². The number of benzene rings is 1. The van der Waals surface area contributed by atoms with Crippen LogP contribution in [0.2, 0.25) is 0 Å². The molecule has 1 fully saturated rings. The summed E-state index contributed by atoms with van der Waals surface area (Å²) >= 11 is 1.82. The van der Waals surface area contributed by atoms with Crippen LogP contribution in [0, 0.1) is 11.3 Å². The number of thioether (sulfide) groups is 1. The summed E-state index contributed by atoms with van der Waals surface area (Å²) in [5, 5.41) is 9.31. The molecule has 1 heterocycles. The number of ether oxygens (including phenoxy) is 1. The zero-order valence-electron chi connectivity index (χ0n) is 13.3. The van der Waals surface area contributed by atoms with Gasteiger partial charge < -0.3 is 9.64 Å². The van der Waals surface area contributed by atoms with Crippen molar-refractivity contribution in [2.24, 2.45) is 0 Å². The average molecular weight is 318 g/mol. The van der Waals surface area contributed by atoms with Crippen LogP contribution in [-0.2, 0) is 4.74 Å². The summed E-state index contributed by atoms with van der Waals surface area (Å²) in [7, 11) is 0. The number of piperidine rings is 1. The quantitative estimate of drug-likeness (QED) is 0.825. The van der Waals surface area contributed by atoms with Gasteiger partial charge in [-0.2, -0.15) is 5.26 Å². The molecule has 0 spiro atoms. The van der Waals surface area contributed by atoms with Crippen molar-refractivity contribution in [2.75, 3.05) is 13.1 Å². The van der Waals surface area contributed by atoms with E-state index in [-0.39, 0.29) is 6.09 Å². The number of hydrogen-bond acceptors (Lipinski definition) is 4. The maximum atomic E-state index is 12.0. The molecule has 0 N–H and O–H groups in total. The van der Waals surface area contributed by atoms with Crippen LogP contribution in [0.15, 0.2) is 29.2 Å². The van der Waals surface area contributed by atoms with Gasteiger partial charge in [-0.05, 0) is 57.9 Å². The molecular weight excluding hydrogens is 296 g/mol. The van der Waals surface area contributed by atoms with E-state index < -0.39 is 5.60 Å². The Bertz CT molecular complexity index is 550. The number of carbonyl (C=O) groups is 1. The molecule has 1 aromatic carbocycles. The molecule has 5 heteroatoms. The Morgan fingerprint density at radius 3 is 2.36 bits per heavy atom. The monoisotopic (exact) mass is 318 g/mol. The van der Waals surface area contributed by atoms with Gasteiger partial charge in [0.15, 0.2) is 0 Å². The number of carbonyl (C=O) groups excluding carboxylic acids is 1. The normalized spacial score (nSPS) is 16.2. The Labute approximate surface area is 136 Å². The van der Waals surface area contributed by atoms with Gasteiger partial charge in [-0.25, -0.2) is 4.79 Å². The smallest absolute Gasteiger partial charge is 0.410 e. The number of amides is 1. The Balaban J connectivity index is 1.82. The van der Waals surface area contributed by atoms with Crippen LogP contribution in [0.3, 0.4) is 0 Å². The lowest BCUT2D eigenvalue weighted by atomic mass is 10.1. The van der Waals surface area contributed by atoms with E-state index in [1.807, 2.05) is 56.8 Å². The second kappa shape index (κ2) is 7.06. The predicted octanol–water partition coefficient (Wildman–Crippen LogP) is 4.05. The van der Waals surface area contributed by atoms with Crippen molar-refractivity contribution in [3.05, 3.63) is 29.8 Å². The van der Waals surface area contributed by atoms with Crippen LogP contribution in [0.4, 0.5) is 4.79 Å². The third-order valence-corrected chi connectivity index (χ3v) is 4.73. The van der Waals surface area contributed by atoms with Gasteiger partial charge in [0.25, 0.3) is 0 Å². The zero-order chi connectivity index (χ0) is 16.2. The Kier molecular flexibility index (Phi) is 5.36. The van der Waals surface area contributed by atoms with E-state index in [1.165, 1.54) is 4.90 Å². The molecule has 0 atom stereocenters. The van der Waals surface area contributed by atoms with Crippen LogP contribution in [-0.4, -0.2) is 34.9 Å². The minimum atomic E-state index is -0.439. The first-order chi connectivity index (χ1) is 10.4. The molecule has 118 valence electrons. The second-order valence-corrected chi connectivity index (χ2v) is 7.79. The van der Waals surface area contributed by atoms with Gasteiger partial charge in [-0.3, -0.25) is 0 Å². The van der Waals surface area contributed by atoms with Gasteiger partial charge in [0.05, 0.1) is 11.6 Å². The van der Waals surface area contributed by atoms with Crippen LogP contribution >= 0.6 is 11.8 Å². The number of rotatable bonds is 2. The largest absolute Gasteiger partial charge is 0.444 e. The van der Waals surface area contributed by atoms with Crippen molar-refractivity contribution in [2.45, 2.75) is 49.4 Å². The summed E-state index contributed by atoms with van der Waals surface area (Å²) in [6.07, 6.45) is 1.71. The SMILES string of the molecule is CC(C)(C)OC(=O)N1CCC(Sc2ccc(C#N)cc2)CC1. The first-order valence-corrected chi connectivity index (χ1v) is 8.40. The lowest BCUT2D eigenvalue weighted by Crippen LogP contribution is -2.42. The third-order valence-electron chi connectivity index (χ3n) is 3.38. The Hall–Kier alpha value is -1.67. The second-order valence-electron chi connectivity index (χ2n) is 6.42. The molecule has 22 heavy (non-hydrogen) atoms. The number of likely N-dealkylation sites (tertiary alicyclic amines) is 1. The maximum absolute atomic E-state index is 12.0. The van der Waals surface area contributed by atoms with Crippen molar-refractivity contribution in [3.63, 3.8) is 0 Å². The van der Waals surface area contributed by atoms with Crippen molar-refractivity contribution in [1.82, 2.24) is 4.90 Å². The van der Waals surface area contributed by atoms with Gasteiger partial charge in [-0.1, -0.05) is 0 Å². The van der Waals surface area contributed by atoms with Crippen LogP contribution in [0.1, 0.15) is 39.2 Å². The molecule has 1 aliphatic rings. The zero-order valence-corrected chi connectivity index (χ0v) is 14.2. The molecule has 1 aromatic rings. The third kappa shape index (κ3) is 4.96. The lowest BCUT2D eigenvalue weighted by molar-refractivity contribution is 0.0219. The number of nitrogens with zero attached hydrogens (tertiary/aromatic N) is 2. The fraction of sp³-hybridized carbons (Fsp3) is 0.529. The highest BCUT2D eigenvalue weighted by atomic mass is 32.2. The minimum Gasteiger partial charge on any atom is -0.444 e. The molecule has 0 aromatic heterocycles. The summed E-state index contributed by atoms with van der Waals surface area (Å²) in [4.78, 5) is 15.0. The molecule has 0 unspecified atom stereocenters. The fourth-order valence-corrected chi connectivity index (χ4v) is 3.41. The van der Waals surface area contributed by atoms with Crippen LogP contribution in [0.5, 0.6) is 0 Å². The highest BCUT2D eigenvalue weighted by Crippen LogP contribution is 2.30. The van der Waals surface area contributed by atoms with E-state index in [1.54, 1.807) is 4.90 Å². The van der Waals surface area contributed by atoms with Crippen molar-refractivity contribution in [3.8, 4) is 6.07 Å². The molecule has 0 saturated carbocycles. The molecule has 0 aliphatic carbocycles. The van der Waals surface area contributed by atoms with E-state index in [9.17, 15) is 4.79 Å². The minimum absolute atomic E-state index is 0.214. The maximum Gasteiger partial charge on any atom is 0.410 e. The first kappa shape index (κ1) is 16.7. The summed E-state index contributed by atoms with van der Waals surface area (Å²) in [6.45, 7) is 7.14. The first-order valence-electron chi connectivity index (χ1n) is 7.52. The van der Waals surface area contributed by atoms with Crippen LogP contribution in [0.25, 0.3) is 0 Å². The molecule has 0 radical (unpaired) electrons. The highest BCUT2D eigenvalue weighted by Gasteiger charge is 2.27. The van der Waals surface area contributed by atoms with Gasteiger partial charge in [0, 0.05) is 23.2 Å². The van der Waals surface area contributed by atoms with E-state index in [0.29, 0.717) is 10.8 Å². The van der Waals surface area contributed by atoms with Crippen molar-refractivity contribution < 1.29 is 9.53 Å². The molecule has 0 bridgehead atoms. The highest BCUT2D eigenvalue weighted by molar-refractivity contribution is 8.00. The van der Waals surface area contributed by atoms with Gasteiger partial charge >= 0.3 is 6.09 Å². The molecule has 1 saturated heterocycles. The average Bonchev–Trinajstić information content (AvgIpc) is 2.47. The standard InChI is InChI=1S/C17H22N2O2S/c1-17(2,3)21-16(20)19-10-8-15(9-11-19)22-14-6-4-13(12-18)5-7-14/h4-7,15H,8-11H2,1-3H3. The molecule has 4 nitrogen and oxygen atoms in total. The number of nitriles is 1. The van der Waals surface area contributed by atoms with E-state index in [2.05, 4.69) is 6.07 Å². The molecule has 2 rings (SSSR count). The lowest BCUT2D eigenvalue weighted by Gasteiger charge is -2.33. The van der Waals surface area contributed by atoms with Crippen molar-refractivity contribution in [1.29, 1.82) is 5.26 Å². The number of hydrogen-bond donors (Lipinski definition) is 0. The van der Waals surface area contributed by atoms with Crippen molar-refractivity contribution >= 4 is 17.9 Å². The summed E-state index contributed by atoms with van der Waals surface area (Å²) in [5.41, 5.74) is 0.245. The van der Waals surface area contributed by atoms with E-state index in [0.717, 1.165) is 25.9 Å². The predicted molar refractivity (Wildman–Crippen MR) is 87.8 cm³/mol. The van der Waals surface area contributed by atoms with Gasteiger partial charge in [0.2, 0.25) is 0 Å².